The first-order chi connectivity index (χ1) is 16.6. The Bertz CT molecular complexity index is 1230. The standard InChI is InChI=1S/C33H31N/c1-26(2)11-10-12-28-19-23-32(24-20-28)34(31-21-17-27(3)18-22-31)25-33(29-13-6-4-7-14-29)30-15-8-5-9-16-30/h4-25H,1-3H3. The molecule has 0 saturated carbocycles. The molecule has 4 aromatic carbocycles. The summed E-state index contributed by atoms with van der Waals surface area (Å²) in [5.74, 6) is 0. The molecule has 0 fully saturated rings. The number of benzene rings is 4. The molecule has 1 nitrogen and oxygen atoms in total. The maximum absolute atomic E-state index is 2.28. The third-order valence-corrected chi connectivity index (χ3v) is 5.63. The van der Waals surface area contributed by atoms with Crippen LogP contribution in [0.4, 0.5) is 11.4 Å². The van der Waals surface area contributed by atoms with E-state index in [4.69, 9.17) is 0 Å². The van der Waals surface area contributed by atoms with E-state index in [0.29, 0.717) is 0 Å². The normalized spacial score (nSPS) is 10.7. The number of rotatable bonds is 7. The molecule has 0 atom stereocenters. The third kappa shape index (κ3) is 6.02. The van der Waals surface area contributed by atoms with Crippen molar-refractivity contribution in [1.29, 1.82) is 0 Å². The molecule has 0 heterocycles. The highest BCUT2D eigenvalue weighted by molar-refractivity contribution is 5.84. The Hall–Kier alpha value is -4.10. The molecule has 0 aliphatic heterocycles. The minimum absolute atomic E-state index is 1.12. The number of aryl methyl sites for hydroxylation is 1. The molecule has 4 rings (SSSR count). The zero-order chi connectivity index (χ0) is 23.8. The molecule has 0 saturated heterocycles. The number of allylic oxidation sites excluding steroid dienone is 3. The molecule has 0 aliphatic rings. The highest BCUT2D eigenvalue weighted by atomic mass is 15.1. The van der Waals surface area contributed by atoms with Crippen LogP contribution in [0.1, 0.15) is 36.1 Å². The number of nitrogens with zero attached hydrogens (tertiary/aromatic N) is 1. The minimum Gasteiger partial charge on any atom is -0.317 e. The Morgan fingerprint density at radius 3 is 1.62 bits per heavy atom. The summed E-state index contributed by atoms with van der Waals surface area (Å²) in [6, 6.07) is 38.6. The fourth-order valence-electron chi connectivity index (χ4n) is 3.78. The molecule has 0 amide bonds. The van der Waals surface area contributed by atoms with E-state index in [2.05, 4.69) is 159 Å². The van der Waals surface area contributed by atoms with Crippen LogP contribution in [0.25, 0.3) is 11.6 Å². The van der Waals surface area contributed by atoms with Crippen molar-refractivity contribution in [1.82, 2.24) is 0 Å². The van der Waals surface area contributed by atoms with E-state index >= 15 is 0 Å². The summed E-state index contributed by atoms with van der Waals surface area (Å²) in [4.78, 5) is 2.28. The van der Waals surface area contributed by atoms with Crippen LogP contribution in [0.2, 0.25) is 0 Å². The van der Waals surface area contributed by atoms with Crippen molar-refractivity contribution in [2.24, 2.45) is 0 Å². The van der Waals surface area contributed by atoms with E-state index in [1.54, 1.807) is 0 Å². The lowest BCUT2D eigenvalue weighted by Crippen LogP contribution is -2.10. The fraction of sp³-hybridized carbons (Fsp3) is 0.0909. The van der Waals surface area contributed by atoms with Crippen LogP contribution < -0.4 is 4.90 Å². The van der Waals surface area contributed by atoms with Crippen molar-refractivity contribution < 1.29 is 0 Å². The second kappa shape index (κ2) is 11.2. The Balaban J connectivity index is 1.81. The predicted molar refractivity (Wildman–Crippen MR) is 148 cm³/mol. The van der Waals surface area contributed by atoms with E-state index in [1.165, 1.54) is 33.4 Å². The molecule has 0 aromatic heterocycles. The van der Waals surface area contributed by atoms with E-state index < -0.39 is 0 Å². The highest BCUT2D eigenvalue weighted by Gasteiger charge is 2.12. The lowest BCUT2D eigenvalue weighted by Gasteiger charge is -2.24. The van der Waals surface area contributed by atoms with Crippen molar-refractivity contribution in [2.75, 3.05) is 4.90 Å². The van der Waals surface area contributed by atoms with Gasteiger partial charge < -0.3 is 4.90 Å². The van der Waals surface area contributed by atoms with Gasteiger partial charge in [0.15, 0.2) is 0 Å². The fourth-order valence-corrected chi connectivity index (χ4v) is 3.78. The van der Waals surface area contributed by atoms with Crippen molar-refractivity contribution in [3.8, 4) is 0 Å². The van der Waals surface area contributed by atoms with Crippen molar-refractivity contribution in [2.45, 2.75) is 20.8 Å². The lowest BCUT2D eigenvalue weighted by atomic mass is 9.98. The first kappa shape index (κ1) is 23.1. The number of hydrogen-bond donors (Lipinski definition) is 0. The van der Waals surface area contributed by atoms with Gasteiger partial charge in [-0.1, -0.05) is 114 Å². The summed E-state index contributed by atoms with van der Waals surface area (Å²) in [7, 11) is 0. The van der Waals surface area contributed by atoms with Crippen molar-refractivity contribution in [3.63, 3.8) is 0 Å². The number of anilines is 2. The summed E-state index contributed by atoms with van der Waals surface area (Å²) in [5, 5.41) is 0. The van der Waals surface area contributed by atoms with Gasteiger partial charge in [-0.05, 0) is 61.7 Å². The van der Waals surface area contributed by atoms with Crippen LogP contribution >= 0.6 is 0 Å². The monoisotopic (exact) mass is 441 g/mol. The highest BCUT2D eigenvalue weighted by Crippen LogP contribution is 2.32. The van der Waals surface area contributed by atoms with Crippen LogP contribution in [0.5, 0.6) is 0 Å². The van der Waals surface area contributed by atoms with Gasteiger partial charge in [0.25, 0.3) is 0 Å². The topological polar surface area (TPSA) is 3.24 Å². The molecule has 0 N–H and O–H groups in total. The molecule has 0 spiro atoms. The summed E-state index contributed by atoms with van der Waals surface area (Å²) in [6.45, 7) is 6.34. The summed E-state index contributed by atoms with van der Waals surface area (Å²) in [5.41, 5.74) is 9.51. The SMILES string of the molecule is CC(C)=CC=Cc1ccc(N(C=C(c2ccccc2)c2ccccc2)c2ccc(C)cc2)cc1. The second-order valence-electron chi connectivity index (χ2n) is 8.68. The molecule has 0 radical (unpaired) electrons. The van der Waals surface area contributed by atoms with Crippen LogP contribution in [0.3, 0.4) is 0 Å². The average molecular weight is 442 g/mol. The van der Waals surface area contributed by atoms with Gasteiger partial charge in [-0.3, -0.25) is 0 Å². The average Bonchev–Trinajstić information content (AvgIpc) is 2.87. The molecule has 168 valence electrons. The van der Waals surface area contributed by atoms with Gasteiger partial charge in [-0.25, -0.2) is 0 Å². The molecular formula is C33H31N. The maximum atomic E-state index is 2.28. The summed E-state index contributed by atoms with van der Waals surface area (Å²) >= 11 is 0. The van der Waals surface area contributed by atoms with Crippen LogP contribution in [-0.2, 0) is 0 Å². The zero-order valence-electron chi connectivity index (χ0n) is 20.1. The smallest absolute Gasteiger partial charge is 0.0456 e. The molecule has 0 bridgehead atoms. The van der Waals surface area contributed by atoms with Gasteiger partial charge in [0.05, 0.1) is 0 Å². The zero-order valence-corrected chi connectivity index (χ0v) is 20.1. The third-order valence-electron chi connectivity index (χ3n) is 5.63. The van der Waals surface area contributed by atoms with E-state index in [0.717, 1.165) is 11.4 Å². The molecular weight excluding hydrogens is 410 g/mol. The quantitative estimate of drug-likeness (QED) is 0.258. The van der Waals surface area contributed by atoms with Crippen LogP contribution in [-0.4, -0.2) is 0 Å². The van der Waals surface area contributed by atoms with E-state index in [9.17, 15) is 0 Å². The lowest BCUT2D eigenvalue weighted by molar-refractivity contribution is 1.27. The Morgan fingerprint density at radius 2 is 1.12 bits per heavy atom. The first-order valence-electron chi connectivity index (χ1n) is 11.7. The van der Waals surface area contributed by atoms with Crippen LogP contribution in [0.15, 0.2) is 133 Å². The Morgan fingerprint density at radius 1 is 0.618 bits per heavy atom. The van der Waals surface area contributed by atoms with Crippen LogP contribution in [0, 0.1) is 6.92 Å². The minimum atomic E-state index is 1.12. The molecule has 1 heteroatoms. The Kier molecular flexibility index (Phi) is 7.57. The van der Waals surface area contributed by atoms with E-state index in [-0.39, 0.29) is 0 Å². The van der Waals surface area contributed by atoms with Crippen molar-refractivity contribution >= 4 is 23.0 Å². The first-order valence-corrected chi connectivity index (χ1v) is 11.7. The van der Waals surface area contributed by atoms with Gasteiger partial charge in [0.1, 0.15) is 0 Å². The van der Waals surface area contributed by atoms with Gasteiger partial charge in [-0.2, -0.15) is 0 Å². The molecule has 0 aliphatic carbocycles. The second-order valence-corrected chi connectivity index (χ2v) is 8.68. The summed E-state index contributed by atoms with van der Waals surface area (Å²) in [6.07, 6.45) is 8.62. The van der Waals surface area contributed by atoms with E-state index in [1.807, 2.05) is 0 Å². The molecule has 34 heavy (non-hydrogen) atoms. The predicted octanol–water partition coefficient (Wildman–Crippen LogP) is 9.20. The number of hydrogen-bond acceptors (Lipinski definition) is 1. The van der Waals surface area contributed by atoms with Gasteiger partial charge >= 0.3 is 0 Å². The van der Waals surface area contributed by atoms with Crippen molar-refractivity contribution in [3.05, 3.63) is 155 Å². The van der Waals surface area contributed by atoms with Gasteiger partial charge in [0.2, 0.25) is 0 Å². The van der Waals surface area contributed by atoms with Gasteiger partial charge in [-0.15, -0.1) is 0 Å². The molecule has 0 unspecified atom stereocenters. The Labute approximate surface area is 204 Å². The molecule has 4 aromatic rings. The summed E-state index contributed by atoms with van der Waals surface area (Å²) < 4.78 is 0. The maximum Gasteiger partial charge on any atom is 0.0456 e. The van der Waals surface area contributed by atoms with Gasteiger partial charge in [0, 0.05) is 23.1 Å². The largest absolute Gasteiger partial charge is 0.317 e.